The molecule has 0 bridgehead atoms. The third-order valence-electron chi connectivity index (χ3n) is 4.12. The van der Waals surface area contributed by atoms with Gasteiger partial charge in [0.15, 0.2) is 0 Å². The Kier molecular flexibility index (Phi) is 3.88. The minimum atomic E-state index is -3.81. The molecule has 0 atom stereocenters. The van der Waals surface area contributed by atoms with E-state index < -0.39 is 10.0 Å². The van der Waals surface area contributed by atoms with Gasteiger partial charge in [-0.25, -0.2) is 13.6 Å². The zero-order valence-electron chi connectivity index (χ0n) is 11.8. The largest absolute Gasteiger partial charge is 0.347 e. The van der Waals surface area contributed by atoms with Crippen molar-refractivity contribution in [1.29, 1.82) is 0 Å². The normalized spacial score (nSPS) is 17.4. The van der Waals surface area contributed by atoms with Crippen LogP contribution in [-0.4, -0.2) is 19.9 Å². The molecule has 1 amide bonds. The van der Waals surface area contributed by atoms with Crippen LogP contribution < -0.4 is 10.5 Å². The van der Waals surface area contributed by atoms with Gasteiger partial charge in [-0.3, -0.25) is 4.79 Å². The lowest BCUT2D eigenvalue weighted by Crippen LogP contribution is -2.53. The van der Waals surface area contributed by atoms with Crippen LogP contribution >= 0.6 is 0 Å². The van der Waals surface area contributed by atoms with E-state index in [1.54, 1.807) is 19.1 Å². The molecule has 0 saturated heterocycles. The lowest BCUT2D eigenvalue weighted by Gasteiger charge is -2.42. The SMILES string of the molecule is CCC1(NC(=O)c2ccc(C)c(S(N)(=O)=O)c2)CCC1. The number of aryl methyl sites for hydroxylation is 1. The summed E-state index contributed by atoms with van der Waals surface area (Å²) in [6.45, 7) is 3.70. The fraction of sp³-hybridized carbons (Fsp3) is 0.500. The van der Waals surface area contributed by atoms with Gasteiger partial charge in [0.25, 0.3) is 5.91 Å². The van der Waals surface area contributed by atoms with E-state index in [2.05, 4.69) is 5.32 Å². The molecule has 6 heteroatoms. The lowest BCUT2D eigenvalue weighted by atomic mass is 9.74. The molecule has 0 aliphatic heterocycles. The van der Waals surface area contributed by atoms with Gasteiger partial charge >= 0.3 is 0 Å². The Hall–Kier alpha value is -1.40. The van der Waals surface area contributed by atoms with Crippen LogP contribution in [0.5, 0.6) is 0 Å². The van der Waals surface area contributed by atoms with Crippen molar-refractivity contribution in [2.45, 2.75) is 50.0 Å². The second kappa shape index (κ2) is 5.18. The molecule has 1 fully saturated rings. The number of hydrogen-bond donors (Lipinski definition) is 2. The average molecular weight is 296 g/mol. The van der Waals surface area contributed by atoms with Gasteiger partial charge in [0.1, 0.15) is 0 Å². The van der Waals surface area contributed by atoms with Crippen molar-refractivity contribution in [1.82, 2.24) is 5.32 Å². The molecule has 110 valence electrons. The molecular formula is C14H20N2O3S. The maximum absolute atomic E-state index is 12.3. The zero-order chi connectivity index (χ0) is 15.0. The molecule has 1 aliphatic rings. The van der Waals surface area contributed by atoms with Crippen molar-refractivity contribution < 1.29 is 13.2 Å². The van der Waals surface area contributed by atoms with Gasteiger partial charge in [-0.15, -0.1) is 0 Å². The molecule has 0 heterocycles. The predicted octanol–water partition coefficient (Wildman–Crippen LogP) is 1.70. The third kappa shape index (κ3) is 2.86. The molecule has 20 heavy (non-hydrogen) atoms. The minimum Gasteiger partial charge on any atom is -0.347 e. The van der Waals surface area contributed by atoms with E-state index in [0.29, 0.717) is 11.1 Å². The fourth-order valence-corrected chi connectivity index (χ4v) is 3.34. The Balaban J connectivity index is 2.27. The number of nitrogens with two attached hydrogens (primary N) is 1. The van der Waals surface area contributed by atoms with E-state index in [9.17, 15) is 13.2 Å². The molecule has 1 saturated carbocycles. The minimum absolute atomic E-state index is 0.00399. The molecule has 2 rings (SSSR count). The van der Waals surface area contributed by atoms with Gasteiger partial charge in [0.05, 0.1) is 4.90 Å². The van der Waals surface area contributed by atoms with Gasteiger partial charge in [-0.2, -0.15) is 0 Å². The molecule has 1 aromatic rings. The van der Waals surface area contributed by atoms with Crippen molar-refractivity contribution in [3.8, 4) is 0 Å². The molecule has 1 aliphatic carbocycles. The molecule has 5 nitrogen and oxygen atoms in total. The summed E-state index contributed by atoms with van der Waals surface area (Å²) in [6.07, 6.45) is 3.95. The molecule has 1 aromatic carbocycles. The Morgan fingerprint density at radius 1 is 1.40 bits per heavy atom. The van der Waals surface area contributed by atoms with Crippen molar-refractivity contribution in [2.75, 3.05) is 0 Å². The monoisotopic (exact) mass is 296 g/mol. The summed E-state index contributed by atoms with van der Waals surface area (Å²) >= 11 is 0. The second-order valence-corrected chi connectivity index (χ2v) is 7.00. The Bertz CT molecular complexity index is 628. The fourth-order valence-electron chi connectivity index (χ4n) is 2.53. The standard InChI is InChI=1S/C14H20N2O3S/c1-3-14(7-4-8-14)16-13(17)11-6-5-10(2)12(9-11)20(15,18)19/h5-6,9H,3-4,7-8H2,1-2H3,(H,16,17)(H2,15,18,19). The summed E-state index contributed by atoms with van der Waals surface area (Å²) in [4.78, 5) is 12.3. The quantitative estimate of drug-likeness (QED) is 0.886. The van der Waals surface area contributed by atoms with Crippen molar-refractivity contribution in [2.24, 2.45) is 5.14 Å². The van der Waals surface area contributed by atoms with Crippen LogP contribution in [0.15, 0.2) is 23.1 Å². The van der Waals surface area contributed by atoms with Gasteiger partial charge in [0, 0.05) is 11.1 Å². The van der Waals surface area contributed by atoms with E-state index in [1.807, 2.05) is 6.92 Å². The second-order valence-electron chi connectivity index (χ2n) is 5.47. The number of sulfonamides is 1. The smallest absolute Gasteiger partial charge is 0.251 e. The molecule has 3 N–H and O–H groups in total. The predicted molar refractivity (Wildman–Crippen MR) is 76.9 cm³/mol. The van der Waals surface area contributed by atoms with Gasteiger partial charge < -0.3 is 5.32 Å². The van der Waals surface area contributed by atoms with Crippen LogP contribution in [0.2, 0.25) is 0 Å². The Morgan fingerprint density at radius 3 is 2.50 bits per heavy atom. The number of primary sulfonamides is 1. The van der Waals surface area contributed by atoms with Crippen LogP contribution in [0.4, 0.5) is 0 Å². The lowest BCUT2D eigenvalue weighted by molar-refractivity contribution is 0.0820. The number of carbonyl (C=O) groups is 1. The van der Waals surface area contributed by atoms with Crippen molar-refractivity contribution >= 4 is 15.9 Å². The van der Waals surface area contributed by atoms with E-state index >= 15 is 0 Å². The molecule has 0 radical (unpaired) electrons. The van der Waals surface area contributed by atoms with Crippen molar-refractivity contribution in [3.05, 3.63) is 29.3 Å². The number of rotatable bonds is 4. The summed E-state index contributed by atoms with van der Waals surface area (Å²) in [5, 5.41) is 8.18. The molecule has 0 spiro atoms. The van der Waals surface area contributed by atoms with E-state index in [1.165, 1.54) is 6.07 Å². The van der Waals surface area contributed by atoms with E-state index in [4.69, 9.17) is 5.14 Å². The molecular weight excluding hydrogens is 276 g/mol. The van der Waals surface area contributed by atoms with Crippen LogP contribution in [0.1, 0.15) is 48.5 Å². The van der Waals surface area contributed by atoms with Crippen LogP contribution in [0, 0.1) is 6.92 Å². The summed E-state index contributed by atoms with van der Waals surface area (Å²) in [5.41, 5.74) is 0.751. The average Bonchev–Trinajstić information content (AvgIpc) is 2.32. The van der Waals surface area contributed by atoms with Gasteiger partial charge in [-0.1, -0.05) is 13.0 Å². The highest BCUT2D eigenvalue weighted by Gasteiger charge is 2.36. The molecule has 0 unspecified atom stereocenters. The van der Waals surface area contributed by atoms with E-state index in [0.717, 1.165) is 25.7 Å². The highest BCUT2D eigenvalue weighted by molar-refractivity contribution is 7.89. The zero-order valence-corrected chi connectivity index (χ0v) is 12.6. The number of amides is 1. The first-order chi connectivity index (χ1) is 9.27. The number of hydrogen-bond acceptors (Lipinski definition) is 3. The van der Waals surface area contributed by atoms with E-state index in [-0.39, 0.29) is 16.3 Å². The van der Waals surface area contributed by atoms with Gasteiger partial charge in [-0.05, 0) is 50.3 Å². The first-order valence-corrected chi connectivity index (χ1v) is 8.28. The van der Waals surface area contributed by atoms with Crippen LogP contribution in [-0.2, 0) is 10.0 Å². The summed E-state index contributed by atoms with van der Waals surface area (Å²) in [7, 11) is -3.81. The molecule has 0 aromatic heterocycles. The van der Waals surface area contributed by atoms with Crippen LogP contribution in [0.25, 0.3) is 0 Å². The summed E-state index contributed by atoms with van der Waals surface area (Å²) in [5.74, 6) is -0.239. The van der Waals surface area contributed by atoms with Gasteiger partial charge in [0.2, 0.25) is 10.0 Å². The summed E-state index contributed by atoms with van der Waals surface area (Å²) in [6, 6.07) is 4.58. The third-order valence-corrected chi connectivity index (χ3v) is 5.18. The Morgan fingerprint density at radius 2 is 2.05 bits per heavy atom. The highest BCUT2D eigenvalue weighted by atomic mass is 32.2. The number of carbonyl (C=O) groups excluding carboxylic acids is 1. The first-order valence-electron chi connectivity index (χ1n) is 6.73. The maximum Gasteiger partial charge on any atom is 0.251 e. The highest BCUT2D eigenvalue weighted by Crippen LogP contribution is 2.34. The number of benzene rings is 1. The number of nitrogens with one attached hydrogen (secondary N) is 1. The Labute approximate surface area is 119 Å². The topological polar surface area (TPSA) is 89.3 Å². The maximum atomic E-state index is 12.3. The van der Waals surface area contributed by atoms with Crippen LogP contribution in [0.3, 0.4) is 0 Å². The first kappa shape index (κ1) is 15.0. The van der Waals surface area contributed by atoms with Crippen molar-refractivity contribution in [3.63, 3.8) is 0 Å². The summed E-state index contributed by atoms with van der Waals surface area (Å²) < 4.78 is 23.0.